The van der Waals surface area contributed by atoms with Gasteiger partial charge in [-0.05, 0) is 42.0 Å². The van der Waals surface area contributed by atoms with Crippen LogP contribution in [0.4, 0.5) is 0 Å². The van der Waals surface area contributed by atoms with Gasteiger partial charge in [-0.1, -0.05) is 53.0 Å². The largest absolute Gasteiger partial charge is 0.215 e. The van der Waals surface area contributed by atoms with Crippen molar-refractivity contribution in [2.24, 2.45) is 0 Å². The van der Waals surface area contributed by atoms with Crippen molar-refractivity contribution in [3.63, 3.8) is 0 Å². The Kier molecular flexibility index (Phi) is 3.64. The van der Waals surface area contributed by atoms with E-state index >= 15 is 0 Å². The number of benzene rings is 1. The fourth-order valence-corrected chi connectivity index (χ4v) is 3.21. The lowest BCUT2D eigenvalue weighted by molar-refractivity contribution is 0.919. The van der Waals surface area contributed by atoms with Gasteiger partial charge in [0.1, 0.15) is 10.3 Å². The van der Waals surface area contributed by atoms with E-state index in [0.29, 0.717) is 21.5 Å². The highest BCUT2D eigenvalue weighted by atomic mass is 127. The van der Waals surface area contributed by atoms with Gasteiger partial charge in [0.25, 0.3) is 0 Å². The van der Waals surface area contributed by atoms with Gasteiger partial charge in [-0.2, -0.15) is 5.10 Å². The Morgan fingerprint density at radius 1 is 1.20 bits per heavy atom. The lowest BCUT2D eigenvalue weighted by Gasteiger charge is -2.09. The van der Waals surface area contributed by atoms with Crippen LogP contribution in [-0.4, -0.2) is 14.6 Å². The molecule has 0 saturated heterocycles. The molecule has 1 aromatic carbocycles. The van der Waals surface area contributed by atoms with Gasteiger partial charge in [0.2, 0.25) is 0 Å². The Morgan fingerprint density at radius 3 is 2.65 bits per heavy atom. The average Bonchev–Trinajstić information content (AvgIpc) is 2.67. The smallest absolute Gasteiger partial charge is 0.172 e. The highest BCUT2D eigenvalue weighted by Gasteiger charge is 2.18. The van der Waals surface area contributed by atoms with E-state index in [4.69, 9.17) is 23.2 Å². The van der Waals surface area contributed by atoms with Crippen LogP contribution in [0.2, 0.25) is 10.3 Å². The molecule has 102 valence electrons. The van der Waals surface area contributed by atoms with Crippen molar-refractivity contribution >= 4 is 51.4 Å². The van der Waals surface area contributed by atoms with Crippen molar-refractivity contribution in [3.8, 4) is 11.1 Å². The van der Waals surface area contributed by atoms with E-state index in [1.165, 1.54) is 0 Å². The van der Waals surface area contributed by atoms with Crippen LogP contribution in [0.15, 0.2) is 24.3 Å². The summed E-state index contributed by atoms with van der Waals surface area (Å²) in [6.45, 7) is 3.95. The van der Waals surface area contributed by atoms with Crippen LogP contribution >= 0.6 is 45.8 Å². The highest BCUT2D eigenvalue weighted by molar-refractivity contribution is 14.1. The molecule has 0 spiro atoms. The van der Waals surface area contributed by atoms with Gasteiger partial charge < -0.3 is 0 Å². The second kappa shape index (κ2) is 5.16. The van der Waals surface area contributed by atoms with E-state index in [1.807, 2.05) is 38.1 Å². The third-order valence-electron chi connectivity index (χ3n) is 3.07. The zero-order valence-corrected chi connectivity index (χ0v) is 14.5. The minimum absolute atomic E-state index is 0.394. The molecule has 0 amide bonds. The standard InChI is InChI=1S/C14H10Cl2IN3/c1-7-4-3-5-9(6-7)10-12(15)18-14-11(17)8(2)19-20(14)13(10)16/h3-6H,1-2H3. The zero-order valence-electron chi connectivity index (χ0n) is 10.8. The summed E-state index contributed by atoms with van der Waals surface area (Å²) in [5.41, 5.74) is 4.37. The molecule has 0 radical (unpaired) electrons. The summed E-state index contributed by atoms with van der Waals surface area (Å²) in [4.78, 5) is 4.44. The molecule has 0 aliphatic rings. The second-order valence-corrected chi connectivity index (χ2v) is 6.37. The monoisotopic (exact) mass is 417 g/mol. The lowest BCUT2D eigenvalue weighted by Crippen LogP contribution is -1.97. The van der Waals surface area contributed by atoms with E-state index in [9.17, 15) is 0 Å². The van der Waals surface area contributed by atoms with E-state index < -0.39 is 0 Å². The molecule has 0 aliphatic carbocycles. The fourth-order valence-electron chi connectivity index (χ4n) is 2.11. The van der Waals surface area contributed by atoms with Crippen molar-refractivity contribution in [3.05, 3.63) is 49.4 Å². The molecule has 3 nitrogen and oxygen atoms in total. The molecule has 0 atom stereocenters. The van der Waals surface area contributed by atoms with Crippen LogP contribution in [0.1, 0.15) is 11.3 Å². The Morgan fingerprint density at radius 2 is 1.95 bits per heavy atom. The molecule has 3 aromatic rings. The van der Waals surface area contributed by atoms with Gasteiger partial charge in [0.05, 0.1) is 14.8 Å². The normalized spacial score (nSPS) is 11.2. The van der Waals surface area contributed by atoms with Gasteiger partial charge in [0, 0.05) is 0 Å². The quantitative estimate of drug-likeness (QED) is 0.415. The third-order valence-corrected chi connectivity index (χ3v) is 4.96. The van der Waals surface area contributed by atoms with E-state index in [0.717, 1.165) is 20.4 Å². The number of nitrogens with zero attached hydrogens (tertiary/aromatic N) is 3. The molecule has 6 heteroatoms. The molecule has 3 rings (SSSR count). The number of hydrogen-bond donors (Lipinski definition) is 0. The molecular weight excluding hydrogens is 408 g/mol. The van der Waals surface area contributed by atoms with Crippen molar-refractivity contribution in [2.45, 2.75) is 13.8 Å². The summed E-state index contributed by atoms with van der Waals surface area (Å²) >= 11 is 15.0. The van der Waals surface area contributed by atoms with Crippen LogP contribution in [0.5, 0.6) is 0 Å². The molecular formula is C14H10Cl2IN3. The minimum atomic E-state index is 0.394. The summed E-state index contributed by atoms with van der Waals surface area (Å²) in [6, 6.07) is 7.99. The third kappa shape index (κ3) is 2.19. The summed E-state index contributed by atoms with van der Waals surface area (Å²) in [5.74, 6) is 0. The molecule has 0 fully saturated rings. The highest BCUT2D eigenvalue weighted by Crippen LogP contribution is 2.35. The van der Waals surface area contributed by atoms with Crippen LogP contribution < -0.4 is 0 Å². The van der Waals surface area contributed by atoms with E-state index in [2.05, 4.69) is 32.7 Å². The molecule has 0 bridgehead atoms. The van der Waals surface area contributed by atoms with Gasteiger partial charge >= 0.3 is 0 Å². The maximum atomic E-state index is 6.49. The van der Waals surface area contributed by atoms with Crippen LogP contribution in [0.3, 0.4) is 0 Å². The SMILES string of the molecule is Cc1cccc(-c2c(Cl)nc3c(I)c(C)nn3c2Cl)c1. The first-order chi connectivity index (χ1) is 9.49. The predicted molar refractivity (Wildman–Crippen MR) is 90.6 cm³/mol. The van der Waals surface area contributed by atoms with Crippen LogP contribution in [0, 0.1) is 17.4 Å². The van der Waals surface area contributed by atoms with Gasteiger partial charge in [-0.15, -0.1) is 0 Å². The first kappa shape index (κ1) is 14.1. The minimum Gasteiger partial charge on any atom is -0.215 e. The van der Waals surface area contributed by atoms with E-state index in [1.54, 1.807) is 4.52 Å². The number of hydrogen-bond acceptors (Lipinski definition) is 2. The number of aromatic nitrogens is 3. The molecule has 0 N–H and O–H groups in total. The number of fused-ring (bicyclic) bond motifs is 1. The van der Waals surface area contributed by atoms with Gasteiger partial charge in [0.15, 0.2) is 5.65 Å². The molecule has 2 heterocycles. The summed E-state index contributed by atoms with van der Waals surface area (Å²) in [5, 5.41) is 5.30. The first-order valence-electron chi connectivity index (χ1n) is 5.96. The summed E-state index contributed by atoms with van der Waals surface area (Å²) in [6.07, 6.45) is 0. The molecule has 0 aliphatic heterocycles. The van der Waals surface area contributed by atoms with Gasteiger partial charge in [-0.25, -0.2) is 9.50 Å². The Balaban J connectivity index is 2.37. The second-order valence-electron chi connectivity index (χ2n) is 4.57. The maximum Gasteiger partial charge on any atom is 0.172 e. The Bertz CT molecular complexity index is 827. The topological polar surface area (TPSA) is 30.2 Å². The number of rotatable bonds is 1. The molecule has 0 unspecified atom stereocenters. The average molecular weight is 418 g/mol. The fraction of sp³-hybridized carbons (Fsp3) is 0.143. The summed E-state index contributed by atoms with van der Waals surface area (Å²) in [7, 11) is 0. The van der Waals surface area contributed by atoms with Crippen LogP contribution in [0.25, 0.3) is 16.8 Å². The van der Waals surface area contributed by atoms with Crippen molar-refractivity contribution in [2.75, 3.05) is 0 Å². The maximum absolute atomic E-state index is 6.49. The molecule has 2 aromatic heterocycles. The summed E-state index contributed by atoms with van der Waals surface area (Å²) < 4.78 is 2.60. The number of aryl methyl sites for hydroxylation is 2. The van der Waals surface area contributed by atoms with Gasteiger partial charge in [-0.3, -0.25) is 0 Å². The predicted octanol–water partition coefficient (Wildman–Crippen LogP) is 4.92. The zero-order chi connectivity index (χ0) is 14.4. The van der Waals surface area contributed by atoms with Crippen molar-refractivity contribution < 1.29 is 0 Å². The van der Waals surface area contributed by atoms with E-state index in [-0.39, 0.29) is 0 Å². The van der Waals surface area contributed by atoms with Crippen LogP contribution in [-0.2, 0) is 0 Å². The lowest BCUT2D eigenvalue weighted by atomic mass is 10.1. The van der Waals surface area contributed by atoms with Crippen molar-refractivity contribution in [1.29, 1.82) is 0 Å². The first-order valence-corrected chi connectivity index (χ1v) is 7.79. The van der Waals surface area contributed by atoms with Crippen molar-refractivity contribution in [1.82, 2.24) is 14.6 Å². The Labute approximate surface area is 140 Å². The molecule has 20 heavy (non-hydrogen) atoms. The Hall–Kier alpha value is -0.850. The molecule has 0 saturated carbocycles. The number of halogens is 3.